The summed E-state index contributed by atoms with van der Waals surface area (Å²) in [6.45, 7) is 2.18. The molecular formula is C12H15BrFNO. The lowest BCUT2D eigenvalue weighted by molar-refractivity contribution is 0.110. The van der Waals surface area contributed by atoms with Crippen molar-refractivity contribution in [2.75, 3.05) is 13.2 Å². The average molecular weight is 288 g/mol. The van der Waals surface area contributed by atoms with Crippen molar-refractivity contribution < 1.29 is 9.13 Å². The van der Waals surface area contributed by atoms with E-state index in [2.05, 4.69) is 21.2 Å². The zero-order chi connectivity index (χ0) is 11.4. The molecule has 1 saturated heterocycles. The number of halogens is 2. The monoisotopic (exact) mass is 287 g/mol. The van der Waals surface area contributed by atoms with Gasteiger partial charge in [-0.05, 0) is 25.0 Å². The number of hydrogen-bond acceptors (Lipinski definition) is 2. The van der Waals surface area contributed by atoms with E-state index in [0.717, 1.165) is 30.5 Å². The minimum absolute atomic E-state index is 0.172. The molecule has 0 bridgehead atoms. The normalized spacial score (nSPS) is 20.2. The quantitative estimate of drug-likeness (QED) is 0.920. The van der Waals surface area contributed by atoms with E-state index in [0.29, 0.717) is 18.2 Å². The van der Waals surface area contributed by atoms with Gasteiger partial charge in [0.1, 0.15) is 5.82 Å². The van der Waals surface area contributed by atoms with Crippen molar-refractivity contribution in [1.82, 2.24) is 5.32 Å². The van der Waals surface area contributed by atoms with Gasteiger partial charge >= 0.3 is 0 Å². The SMILES string of the molecule is Fc1cccc(Br)c1CNCC1CCCO1. The molecule has 0 aromatic heterocycles. The topological polar surface area (TPSA) is 21.3 Å². The largest absolute Gasteiger partial charge is 0.377 e. The van der Waals surface area contributed by atoms with Crippen LogP contribution in [0.2, 0.25) is 0 Å². The molecule has 1 aliphatic rings. The molecule has 1 aliphatic heterocycles. The first-order valence-electron chi connectivity index (χ1n) is 5.52. The van der Waals surface area contributed by atoms with E-state index in [1.54, 1.807) is 6.07 Å². The fraction of sp³-hybridized carbons (Fsp3) is 0.500. The molecule has 16 heavy (non-hydrogen) atoms. The van der Waals surface area contributed by atoms with Crippen molar-refractivity contribution in [3.8, 4) is 0 Å². The summed E-state index contributed by atoms with van der Waals surface area (Å²) < 4.78 is 19.7. The van der Waals surface area contributed by atoms with Gasteiger partial charge in [-0.2, -0.15) is 0 Å². The van der Waals surface area contributed by atoms with Crippen LogP contribution in [0.15, 0.2) is 22.7 Å². The van der Waals surface area contributed by atoms with E-state index in [-0.39, 0.29) is 5.82 Å². The molecule has 1 N–H and O–H groups in total. The maximum Gasteiger partial charge on any atom is 0.128 e. The van der Waals surface area contributed by atoms with Gasteiger partial charge in [-0.1, -0.05) is 22.0 Å². The highest BCUT2D eigenvalue weighted by Gasteiger charge is 2.15. The first-order chi connectivity index (χ1) is 7.77. The number of benzene rings is 1. The van der Waals surface area contributed by atoms with Crippen molar-refractivity contribution in [1.29, 1.82) is 0 Å². The Kier molecular flexibility index (Phi) is 4.32. The predicted molar refractivity (Wildman–Crippen MR) is 64.8 cm³/mol. The van der Waals surface area contributed by atoms with Gasteiger partial charge in [-0.15, -0.1) is 0 Å². The Morgan fingerprint density at radius 3 is 3.06 bits per heavy atom. The molecule has 1 atom stereocenters. The standard InChI is InChI=1S/C12H15BrFNO/c13-11-4-1-5-12(14)10(11)8-15-7-9-3-2-6-16-9/h1,4-5,9,15H,2-3,6-8H2. The van der Waals surface area contributed by atoms with Crippen LogP contribution in [-0.4, -0.2) is 19.3 Å². The lowest BCUT2D eigenvalue weighted by Crippen LogP contribution is -2.26. The molecule has 1 aromatic rings. The fourth-order valence-electron chi connectivity index (χ4n) is 1.86. The van der Waals surface area contributed by atoms with Gasteiger partial charge in [-0.25, -0.2) is 4.39 Å². The molecule has 0 aliphatic carbocycles. The van der Waals surface area contributed by atoms with Gasteiger partial charge in [0.05, 0.1) is 6.10 Å². The van der Waals surface area contributed by atoms with Gasteiger partial charge < -0.3 is 10.1 Å². The molecule has 0 amide bonds. The summed E-state index contributed by atoms with van der Waals surface area (Å²) in [5.74, 6) is -0.172. The molecule has 1 fully saturated rings. The first-order valence-corrected chi connectivity index (χ1v) is 6.32. The molecule has 0 saturated carbocycles. The second-order valence-corrected chi connectivity index (χ2v) is 4.82. The number of hydrogen-bond donors (Lipinski definition) is 1. The first kappa shape index (κ1) is 12.0. The Hall–Kier alpha value is -0.450. The van der Waals surface area contributed by atoms with E-state index in [9.17, 15) is 4.39 Å². The molecular weight excluding hydrogens is 273 g/mol. The summed E-state index contributed by atoms with van der Waals surface area (Å²) in [6, 6.07) is 5.03. The lowest BCUT2D eigenvalue weighted by atomic mass is 10.2. The third kappa shape index (κ3) is 3.03. The van der Waals surface area contributed by atoms with Gasteiger partial charge in [0.2, 0.25) is 0 Å². The van der Waals surface area contributed by atoms with Crippen LogP contribution in [0.25, 0.3) is 0 Å². The number of rotatable bonds is 4. The average Bonchev–Trinajstić information content (AvgIpc) is 2.75. The Bertz CT molecular complexity index is 333. The molecule has 2 rings (SSSR count). The smallest absolute Gasteiger partial charge is 0.128 e. The van der Waals surface area contributed by atoms with Gasteiger partial charge in [0.15, 0.2) is 0 Å². The molecule has 0 radical (unpaired) electrons. The summed E-state index contributed by atoms with van der Waals surface area (Å²) >= 11 is 3.35. The number of nitrogens with one attached hydrogen (secondary N) is 1. The highest BCUT2D eigenvalue weighted by atomic mass is 79.9. The molecule has 1 unspecified atom stereocenters. The Morgan fingerprint density at radius 2 is 2.38 bits per heavy atom. The van der Waals surface area contributed by atoms with E-state index >= 15 is 0 Å². The molecule has 2 nitrogen and oxygen atoms in total. The van der Waals surface area contributed by atoms with Crippen molar-refractivity contribution in [2.45, 2.75) is 25.5 Å². The van der Waals surface area contributed by atoms with Crippen LogP contribution in [0.1, 0.15) is 18.4 Å². The highest BCUT2D eigenvalue weighted by Crippen LogP contribution is 2.19. The van der Waals surface area contributed by atoms with Gasteiger partial charge in [0.25, 0.3) is 0 Å². The lowest BCUT2D eigenvalue weighted by Gasteiger charge is -2.12. The molecule has 4 heteroatoms. The van der Waals surface area contributed by atoms with Crippen LogP contribution in [0.4, 0.5) is 4.39 Å². The van der Waals surface area contributed by atoms with E-state index in [1.165, 1.54) is 6.07 Å². The zero-order valence-electron chi connectivity index (χ0n) is 9.01. The van der Waals surface area contributed by atoms with Crippen LogP contribution < -0.4 is 5.32 Å². The summed E-state index contributed by atoms with van der Waals surface area (Å²) in [6.07, 6.45) is 2.53. The van der Waals surface area contributed by atoms with Crippen LogP contribution in [0, 0.1) is 5.82 Å². The second-order valence-electron chi connectivity index (χ2n) is 3.97. The summed E-state index contributed by atoms with van der Waals surface area (Å²) in [7, 11) is 0. The van der Waals surface area contributed by atoms with Crippen LogP contribution in [0.3, 0.4) is 0 Å². The zero-order valence-corrected chi connectivity index (χ0v) is 10.6. The molecule has 0 spiro atoms. The van der Waals surface area contributed by atoms with E-state index in [1.807, 2.05) is 6.07 Å². The summed E-state index contributed by atoms with van der Waals surface area (Å²) in [5.41, 5.74) is 0.681. The minimum Gasteiger partial charge on any atom is -0.377 e. The Balaban J connectivity index is 1.84. The maximum atomic E-state index is 13.4. The minimum atomic E-state index is -0.172. The third-order valence-electron chi connectivity index (χ3n) is 2.76. The van der Waals surface area contributed by atoms with Gasteiger partial charge in [0, 0.05) is 29.7 Å². The van der Waals surface area contributed by atoms with Crippen molar-refractivity contribution in [2.24, 2.45) is 0 Å². The predicted octanol–water partition coefficient (Wildman–Crippen LogP) is 2.86. The van der Waals surface area contributed by atoms with E-state index < -0.39 is 0 Å². The summed E-state index contributed by atoms with van der Waals surface area (Å²) in [4.78, 5) is 0. The Labute approximate surface area is 103 Å². The maximum absolute atomic E-state index is 13.4. The fourth-order valence-corrected chi connectivity index (χ4v) is 2.35. The van der Waals surface area contributed by atoms with Crippen molar-refractivity contribution in [3.63, 3.8) is 0 Å². The summed E-state index contributed by atoms with van der Waals surface area (Å²) in [5, 5.41) is 3.23. The third-order valence-corrected chi connectivity index (χ3v) is 3.50. The number of ether oxygens (including phenoxy) is 1. The Morgan fingerprint density at radius 1 is 1.50 bits per heavy atom. The second kappa shape index (κ2) is 5.75. The van der Waals surface area contributed by atoms with Gasteiger partial charge in [-0.3, -0.25) is 0 Å². The van der Waals surface area contributed by atoms with Crippen LogP contribution >= 0.6 is 15.9 Å². The molecule has 1 heterocycles. The molecule has 88 valence electrons. The molecule has 1 aromatic carbocycles. The highest BCUT2D eigenvalue weighted by molar-refractivity contribution is 9.10. The van der Waals surface area contributed by atoms with Crippen molar-refractivity contribution >= 4 is 15.9 Å². The van der Waals surface area contributed by atoms with Crippen LogP contribution in [-0.2, 0) is 11.3 Å². The van der Waals surface area contributed by atoms with E-state index in [4.69, 9.17) is 4.74 Å². The van der Waals surface area contributed by atoms with Crippen LogP contribution in [0.5, 0.6) is 0 Å². The van der Waals surface area contributed by atoms with Crippen molar-refractivity contribution in [3.05, 3.63) is 34.1 Å².